The van der Waals surface area contributed by atoms with Gasteiger partial charge in [0, 0.05) is 6.54 Å². The minimum Gasteiger partial charge on any atom is -0.443 e. The Morgan fingerprint density at radius 1 is 1.00 bits per heavy atom. The Hall–Kier alpha value is -1.82. The molecule has 1 rings (SSSR count). The van der Waals surface area contributed by atoms with Crippen molar-refractivity contribution >= 4 is 16.1 Å². The average Bonchev–Trinajstić information content (AvgIpc) is 2.62. The van der Waals surface area contributed by atoms with Crippen molar-refractivity contribution in [2.45, 2.75) is 89.6 Å². The first kappa shape index (κ1) is 25.2. The highest BCUT2D eigenvalue weighted by atomic mass is 32.2. The summed E-state index contributed by atoms with van der Waals surface area (Å²) in [6.45, 7) is 10.9. The van der Waals surface area contributed by atoms with Gasteiger partial charge in [-0.05, 0) is 59.1 Å². The van der Waals surface area contributed by atoms with Crippen molar-refractivity contribution in [2.75, 3.05) is 6.54 Å². The van der Waals surface area contributed by atoms with E-state index in [9.17, 15) is 13.2 Å². The van der Waals surface area contributed by atoms with Gasteiger partial charge in [0.25, 0.3) is 10.0 Å². The van der Waals surface area contributed by atoms with Crippen LogP contribution >= 0.6 is 0 Å². The average molecular weight is 424 g/mol. The second-order valence-electron chi connectivity index (χ2n) is 8.42. The zero-order valence-electron chi connectivity index (χ0n) is 18.4. The Morgan fingerprint density at radius 3 is 2.03 bits per heavy atom. The number of allylic oxidation sites excluding steroid dienone is 1. The molecule has 6 heteroatoms. The quantitative estimate of drug-likeness (QED) is 0.295. The molecule has 0 radical (unpaired) electrons. The molecule has 1 amide bonds. The maximum Gasteiger partial charge on any atom is 0.424 e. The summed E-state index contributed by atoms with van der Waals surface area (Å²) in [4.78, 5) is 12.7. The van der Waals surface area contributed by atoms with Gasteiger partial charge in [0.2, 0.25) is 0 Å². The zero-order chi connectivity index (χ0) is 21.9. The van der Waals surface area contributed by atoms with E-state index in [0.29, 0.717) is 6.42 Å². The fraction of sp³-hybridized carbons (Fsp3) is 0.609. The molecular formula is C23H37NO4S. The first-order chi connectivity index (χ1) is 13.6. The number of rotatable bonds is 12. The van der Waals surface area contributed by atoms with Gasteiger partial charge in [-0.2, -0.15) is 0 Å². The lowest BCUT2D eigenvalue weighted by Crippen LogP contribution is -2.41. The molecule has 29 heavy (non-hydrogen) atoms. The van der Waals surface area contributed by atoms with Crippen LogP contribution in [0.3, 0.4) is 0 Å². The number of amides is 1. The normalized spacial score (nSPS) is 11.9. The molecule has 0 aromatic heterocycles. The number of hydrogen-bond acceptors (Lipinski definition) is 4. The number of ether oxygens (including phenoxy) is 1. The Morgan fingerprint density at radius 2 is 1.52 bits per heavy atom. The summed E-state index contributed by atoms with van der Waals surface area (Å²) in [7, 11) is -3.95. The van der Waals surface area contributed by atoms with Crippen LogP contribution in [0.1, 0.15) is 77.7 Å². The number of carbonyl (C=O) groups excluding carboxylic acids is 1. The van der Waals surface area contributed by atoms with Crippen molar-refractivity contribution in [3.63, 3.8) is 0 Å². The highest BCUT2D eigenvalue weighted by molar-refractivity contribution is 7.89. The van der Waals surface area contributed by atoms with E-state index < -0.39 is 21.7 Å². The molecule has 0 saturated carbocycles. The molecule has 5 nitrogen and oxygen atoms in total. The third-order valence-corrected chi connectivity index (χ3v) is 6.26. The number of carbonyl (C=O) groups is 1. The Labute approximate surface area is 177 Å². The monoisotopic (exact) mass is 423 g/mol. The smallest absolute Gasteiger partial charge is 0.424 e. The van der Waals surface area contributed by atoms with Crippen LogP contribution in [0, 0.1) is 6.92 Å². The predicted molar refractivity (Wildman–Crippen MR) is 118 cm³/mol. The van der Waals surface area contributed by atoms with Crippen LogP contribution < -0.4 is 0 Å². The lowest BCUT2D eigenvalue weighted by Gasteiger charge is -2.27. The van der Waals surface area contributed by atoms with Gasteiger partial charge in [0.05, 0.1) is 4.90 Å². The third-order valence-electron chi connectivity index (χ3n) is 4.48. The van der Waals surface area contributed by atoms with Gasteiger partial charge in [-0.3, -0.25) is 0 Å². The van der Waals surface area contributed by atoms with Gasteiger partial charge >= 0.3 is 6.09 Å². The van der Waals surface area contributed by atoms with Gasteiger partial charge in [0.15, 0.2) is 0 Å². The molecule has 0 bridgehead atoms. The zero-order valence-corrected chi connectivity index (χ0v) is 19.3. The van der Waals surface area contributed by atoms with E-state index in [-0.39, 0.29) is 11.4 Å². The lowest BCUT2D eigenvalue weighted by atomic mass is 10.1. The Kier molecular flexibility index (Phi) is 10.4. The number of sulfonamides is 1. The largest absolute Gasteiger partial charge is 0.443 e. The summed E-state index contributed by atoms with van der Waals surface area (Å²) >= 11 is 0. The number of nitrogens with zero attached hydrogens (tertiary/aromatic N) is 1. The first-order valence-corrected chi connectivity index (χ1v) is 12.0. The summed E-state index contributed by atoms with van der Waals surface area (Å²) in [6.07, 6.45) is 9.37. The van der Waals surface area contributed by atoms with E-state index >= 15 is 0 Å². The summed E-state index contributed by atoms with van der Waals surface area (Å²) in [5, 5.41) is 0. The Balaban J connectivity index is 2.71. The van der Waals surface area contributed by atoms with Crippen molar-refractivity contribution in [3.05, 3.63) is 42.5 Å². The van der Waals surface area contributed by atoms with E-state index in [1.54, 1.807) is 32.9 Å². The fourth-order valence-corrected chi connectivity index (χ4v) is 4.23. The van der Waals surface area contributed by atoms with Crippen LogP contribution in [0.25, 0.3) is 0 Å². The highest BCUT2D eigenvalue weighted by Crippen LogP contribution is 2.21. The molecule has 164 valence electrons. The molecule has 0 spiro atoms. The minimum absolute atomic E-state index is 0.108. The molecule has 0 N–H and O–H groups in total. The Bertz CT molecular complexity index is 733. The number of unbranched alkanes of at least 4 members (excludes halogenated alkanes) is 7. The fourth-order valence-electron chi connectivity index (χ4n) is 2.89. The second-order valence-corrected chi connectivity index (χ2v) is 10.3. The second kappa shape index (κ2) is 12.0. The summed E-state index contributed by atoms with van der Waals surface area (Å²) in [5.74, 6) is 0. The number of benzene rings is 1. The van der Waals surface area contributed by atoms with Crippen LogP contribution in [0.2, 0.25) is 0 Å². The molecule has 0 heterocycles. The highest BCUT2D eigenvalue weighted by Gasteiger charge is 2.32. The lowest BCUT2D eigenvalue weighted by molar-refractivity contribution is 0.0389. The van der Waals surface area contributed by atoms with Crippen molar-refractivity contribution in [3.8, 4) is 0 Å². The molecule has 0 atom stereocenters. The van der Waals surface area contributed by atoms with Crippen molar-refractivity contribution in [1.29, 1.82) is 0 Å². The van der Waals surface area contributed by atoms with Crippen LogP contribution in [0.15, 0.2) is 41.8 Å². The van der Waals surface area contributed by atoms with Crippen molar-refractivity contribution < 1.29 is 17.9 Å². The molecule has 1 aromatic carbocycles. The van der Waals surface area contributed by atoms with Gasteiger partial charge < -0.3 is 4.74 Å². The number of aryl methyl sites for hydroxylation is 1. The molecule has 1 aromatic rings. The summed E-state index contributed by atoms with van der Waals surface area (Å²) in [6, 6.07) is 6.52. The van der Waals surface area contributed by atoms with Crippen molar-refractivity contribution in [1.82, 2.24) is 4.31 Å². The SMILES string of the molecule is C=CCCCCCCCCCN(C(=O)OC(C)(C)C)S(=O)(=O)c1ccc(C)cc1. The molecule has 0 unspecified atom stereocenters. The van der Waals surface area contributed by atoms with E-state index in [1.165, 1.54) is 31.4 Å². The first-order valence-electron chi connectivity index (χ1n) is 10.5. The van der Waals surface area contributed by atoms with Crippen molar-refractivity contribution in [2.24, 2.45) is 0 Å². The van der Waals surface area contributed by atoms with Crippen LogP contribution in [0.4, 0.5) is 4.79 Å². The maximum absolute atomic E-state index is 13.1. The molecule has 0 saturated heterocycles. The van der Waals surface area contributed by atoms with E-state index in [2.05, 4.69) is 6.58 Å². The van der Waals surface area contributed by atoms with Crippen LogP contribution in [0.5, 0.6) is 0 Å². The topological polar surface area (TPSA) is 63.7 Å². The minimum atomic E-state index is -3.95. The molecular weight excluding hydrogens is 386 g/mol. The van der Waals surface area contributed by atoms with Gasteiger partial charge in [0.1, 0.15) is 5.60 Å². The van der Waals surface area contributed by atoms with E-state index in [1.807, 2.05) is 13.0 Å². The third kappa shape index (κ3) is 9.48. The van der Waals surface area contributed by atoms with Crippen LogP contribution in [-0.4, -0.2) is 31.0 Å². The molecule has 0 aliphatic heterocycles. The van der Waals surface area contributed by atoms with Crippen LogP contribution in [-0.2, 0) is 14.8 Å². The summed E-state index contributed by atoms with van der Waals surface area (Å²) < 4.78 is 32.4. The van der Waals surface area contributed by atoms with Gasteiger partial charge in [-0.25, -0.2) is 17.5 Å². The van der Waals surface area contributed by atoms with Gasteiger partial charge in [-0.1, -0.05) is 55.9 Å². The van der Waals surface area contributed by atoms with Gasteiger partial charge in [-0.15, -0.1) is 6.58 Å². The predicted octanol–water partition coefficient (Wildman–Crippen LogP) is 6.23. The van der Waals surface area contributed by atoms with E-state index in [4.69, 9.17) is 4.74 Å². The standard InChI is InChI=1S/C23H37NO4S/c1-6-7-8-9-10-11-12-13-14-19-24(22(25)28-23(3,4)5)29(26,27)21-17-15-20(2)16-18-21/h6,15-18H,1,7-14,19H2,2-5H3. The van der Waals surface area contributed by atoms with E-state index in [0.717, 1.165) is 35.6 Å². The molecule has 0 aliphatic carbocycles. The number of hydrogen-bond donors (Lipinski definition) is 0. The molecule has 0 fully saturated rings. The maximum atomic E-state index is 13.1. The summed E-state index contributed by atoms with van der Waals surface area (Å²) in [5.41, 5.74) is 0.199. The molecule has 0 aliphatic rings.